The summed E-state index contributed by atoms with van der Waals surface area (Å²) >= 11 is 0. The molecule has 7 heteroatoms. The van der Waals surface area contributed by atoms with Gasteiger partial charge in [0.1, 0.15) is 5.82 Å². The molecule has 0 aliphatic rings. The minimum absolute atomic E-state index is 0.00227. The van der Waals surface area contributed by atoms with Crippen LogP contribution in [0.2, 0.25) is 0 Å². The summed E-state index contributed by atoms with van der Waals surface area (Å²) in [5, 5.41) is 14.7. The fraction of sp³-hybridized carbons (Fsp3) is 0. The van der Waals surface area contributed by atoms with Gasteiger partial charge in [-0.05, 0) is 0 Å². The molecule has 0 radical (unpaired) electrons. The molecule has 1 heterocycles. The van der Waals surface area contributed by atoms with Gasteiger partial charge in [-0.2, -0.15) is 5.10 Å². The van der Waals surface area contributed by atoms with E-state index in [1.165, 1.54) is 0 Å². The standard InChI is InChI=1S/C9H6F3N3O/c10-3-1-5(16)9(12)7(8(3)11)4-2-6(13)15-14-4/h1-2,16H,(H3,13,14,15). The van der Waals surface area contributed by atoms with Gasteiger partial charge >= 0.3 is 0 Å². The normalized spacial score (nSPS) is 10.7. The molecule has 0 amide bonds. The first-order valence-electron chi connectivity index (χ1n) is 4.18. The van der Waals surface area contributed by atoms with Crippen molar-refractivity contribution in [2.45, 2.75) is 0 Å². The molecule has 16 heavy (non-hydrogen) atoms. The number of hydrogen-bond donors (Lipinski definition) is 3. The highest BCUT2D eigenvalue weighted by molar-refractivity contribution is 5.65. The molecule has 84 valence electrons. The van der Waals surface area contributed by atoms with E-state index in [0.29, 0.717) is 6.07 Å². The quantitative estimate of drug-likeness (QED) is 0.652. The van der Waals surface area contributed by atoms with Crippen molar-refractivity contribution in [1.82, 2.24) is 10.2 Å². The van der Waals surface area contributed by atoms with Crippen LogP contribution in [0.5, 0.6) is 5.75 Å². The van der Waals surface area contributed by atoms with Crippen LogP contribution >= 0.6 is 0 Å². The molecule has 0 saturated heterocycles. The number of nitrogen functional groups attached to an aromatic ring is 1. The Morgan fingerprint density at radius 3 is 2.44 bits per heavy atom. The maximum Gasteiger partial charge on any atom is 0.177 e. The van der Waals surface area contributed by atoms with E-state index in [-0.39, 0.29) is 11.5 Å². The van der Waals surface area contributed by atoms with Crippen LogP contribution in [-0.4, -0.2) is 15.3 Å². The number of anilines is 1. The fourth-order valence-electron chi connectivity index (χ4n) is 1.29. The summed E-state index contributed by atoms with van der Waals surface area (Å²) in [6, 6.07) is 1.48. The minimum Gasteiger partial charge on any atom is -0.505 e. The van der Waals surface area contributed by atoms with Crippen LogP contribution in [0.1, 0.15) is 0 Å². The molecule has 4 nitrogen and oxygen atoms in total. The van der Waals surface area contributed by atoms with Gasteiger partial charge in [0.2, 0.25) is 0 Å². The van der Waals surface area contributed by atoms with Crippen molar-refractivity contribution in [3.63, 3.8) is 0 Å². The molecule has 0 atom stereocenters. The summed E-state index contributed by atoms with van der Waals surface area (Å²) in [6.07, 6.45) is 0. The van der Waals surface area contributed by atoms with Crippen molar-refractivity contribution >= 4 is 5.82 Å². The summed E-state index contributed by atoms with van der Waals surface area (Å²) in [5.74, 6) is -5.04. The summed E-state index contributed by atoms with van der Waals surface area (Å²) in [6.45, 7) is 0. The Kier molecular flexibility index (Phi) is 2.22. The van der Waals surface area contributed by atoms with E-state index < -0.39 is 28.8 Å². The molecule has 0 bridgehead atoms. The highest BCUT2D eigenvalue weighted by Gasteiger charge is 2.21. The maximum absolute atomic E-state index is 13.4. The lowest BCUT2D eigenvalue weighted by atomic mass is 10.1. The smallest absolute Gasteiger partial charge is 0.177 e. The second-order valence-electron chi connectivity index (χ2n) is 3.09. The summed E-state index contributed by atoms with van der Waals surface area (Å²) < 4.78 is 39.7. The maximum atomic E-state index is 13.4. The van der Waals surface area contributed by atoms with Crippen LogP contribution in [0.15, 0.2) is 12.1 Å². The molecule has 4 N–H and O–H groups in total. The second kappa shape index (κ2) is 3.44. The first-order valence-corrected chi connectivity index (χ1v) is 4.18. The van der Waals surface area contributed by atoms with E-state index in [4.69, 9.17) is 10.8 Å². The van der Waals surface area contributed by atoms with Crippen LogP contribution in [0.4, 0.5) is 19.0 Å². The van der Waals surface area contributed by atoms with Crippen LogP contribution < -0.4 is 5.73 Å². The van der Waals surface area contributed by atoms with Gasteiger partial charge < -0.3 is 10.8 Å². The van der Waals surface area contributed by atoms with Crippen LogP contribution in [0, 0.1) is 17.5 Å². The van der Waals surface area contributed by atoms with Gasteiger partial charge in [-0.1, -0.05) is 0 Å². The average Bonchev–Trinajstić information content (AvgIpc) is 2.62. The number of halogens is 3. The Balaban J connectivity index is 2.73. The minimum atomic E-state index is -1.42. The van der Waals surface area contributed by atoms with Crippen molar-refractivity contribution in [1.29, 1.82) is 0 Å². The molecule has 0 aliphatic carbocycles. The zero-order valence-corrected chi connectivity index (χ0v) is 7.76. The number of phenols is 1. The van der Waals surface area contributed by atoms with Crippen LogP contribution in [-0.2, 0) is 0 Å². The third-order valence-corrected chi connectivity index (χ3v) is 2.00. The topological polar surface area (TPSA) is 74.9 Å². The third kappa shape index (κ3) is 1.46. The van der Waals surface area contributed by atoms with E-state index in [1.54, 1.807) is 0 Å². The number of benzene rings is 1. The predicted octanol–water partition coefficient (Wildman–Crippen LogP) is 1.78. The number of aromatic hydroxyl groups is 1. The SMILES string of the molecule is Nc1cc(-c2c(F)c(O)cc(F)c2F)[nH]n1. The number of aromatic amines is 1. The monoisotopic (exact) mass is 229 g/mol. The van der Waals surface area contributed by atoms with Gasteiger partial charge in [0.05, 0.1) is 11.3 Å². The number of H-pyrrole nitrogens is 1. The number of nitrogens with zero attached hydrogens (tertiary/aromatic N) is 1. The molecule has 2 aromatic rings. The first kappa shape index (κ1) is 10.3. The van der Waals surface area contributed by atoms with Gasteiger partial charge in [-0.25, -0.2) is 13.2 Å². The van der Waals surface area contributed by atoms with Crippen molar-refractivity contribution in [2.75, 3.05) is 5.73 Å². The van der Waals surface area contributed by atoms with Crippen LogP contribution in [0.3, 0.4) is 0 Å². The zero-order chi connectivity index (χ0) is 11.9. The molecule has 1 aromatic carbocycles. The number of nitrogens with one attached hydrogen (secondary N) is 1. The lowest BCUT2D eigenvalue weighted by molar-refractivity contribution is 0.415. The first-order chi connectivity index (χ1) is 7.50. The Hall–Kier alpha value is -2.18. The molecule has 0 unspecified atom stereocenters. The van der Waals surface area contributed by atoms with Crippen molar-refractivity contribution in [3.8, 4) is 17.0 Å². The highest BCUT2D eigenvalue weighted by Crippen LogP contribution is 2.32. The summed E-state index contributed by atoms with van der Waals surface area (Å²) in [5.41, 5.74) is 4.36. The van der Waals surface area contributed by atoms with Gasteiger partial charge in [-0.3, -0.25) is 5.10 Å². The Bertz CT molecular complexity index is 527. The molecule has 0 aliphatic heterocycles. The van der Waals surface area contributed by atoms with E-state index in [1.807, 2.05) is 0 Å². The molecule has 0 spiro atoms. The number of hydrogen-bond acceptors (Lipinski definition) is 3. The Labute approximate surface area is 87.5 Å². The second-order valence-corrected chi connectivity index (χ2v) is 3.09. The Morgan fingerprint density at radius 1 is 1.19 bits per heavy atom. The average molecular weight is 229 g/mol. The van der Waals surface area contributed by atoms with Crippen molar-refractivity contribution < 1.29 is 18.3 Å². The molecule has 1 aromatic heterocycles. The molecule has 0 fully saturated rings. The lowest BCUT2D eigenvalue weighted by Gasteiger charge is -2.04. The fourth-order valence-corrected chi connectivity index (χ4v) is 1.29. The number of nitrogens with two attached hydrogens (primary N) is 1. The van der Waals surface area contributed by atoms with Gasteiger partial charge in [0.25, 0.3) is 0 Å². The number of aromatic nitrogens is 2. The molecule has 0 saturated carbocycles. The van der Waals surface area contributed by atoms with Crippen LogP contribution in [0.25, 0.3) is 11.3 Å². The van der Waals surface area contributed by atoms with Crippen molar-refractivity contribution in [2.24, 2.45) is 0 Å². The third-order valence-electron chi connectivity index (χ3n) is 2.00. The Morgan fingerprint density at radius 2 is 1.88 bits per heavy atom. The van der Waals surface area contributed by atoms with E-state index in [9.17, 15) is 13.2 Å². The van der Waals surface area contributed by atoms with E-state index >= 15 is 0 Å². The molecular weight excluding hydrogens is 223 g/mol. The molecular formula is C9H6F3N3O. The zero-order valence-electron chi connectivity index (χ0n) is 7.76. The van der Waals surface area contributed by atoms with Gasteiger partial charge in [0, 0.05) is 12.1 Å². The highest BCUT2D eigenvalue weighted by atomic mass is 19.2. The van der Waals surface area contributed by atoms with Gasteiger partial charge in [0.15, 0.2) is 23.2 Å². The predicted molar refractivity (Wildman–Crippen MR) is 50.0 cm³/mol. The summed E-state index contributed by atoms with van der Waals surface area (Å²) in [7, 11) is 0. The van der Waals surface area contributed by atoms with E-state index in [2.05, 4.69) is 10.2 Å². The van der Waals surface area contributed by atoms with Gasteiger partial charge in [-0.15, -0.1) is 0 Å². The largest absolute Gasteiger partial charge is 0.505 e. The summed E-state index contributed by atoms with van der Waals surface area (Å²) in [4.78, 5) is 0. The van der Waals surface area contributed by atoms with Crippen molar-refractivity contribution in [3.05, 3.63) is 29.6 Å². The number of phenolic OH excluding ortho intramolecular Hbond substituents is 1. The number of rotatable bonds is 1. The van der Waals surface area contributed by atoms with E-state index in [0.717, 1.165) is 6.07 Å². The molecule has 2 rings (SSSR count). The lowest BCUT2D eigenvalue weighted by Crippen LogP contribution is -1.95.